The third-order valence-electron chi connectivity index (χ3n) is 6.15. The molecule has 0 radical (unpaired) electrons. The highest BCUT2D eigenvalue weighted by molar-refractivity contribution is 5.93. The van der Waals surface area contributed by atoms with Crippen LogP contribution in [0.5, 0.6) is 0 Å². The van der Waals surface area contributed by atoms with Crippen LogP contribution in [-0.2, 0) is 6.42 Å². The van der Waals surface area contributed by atoms with E-state index in [2.05, 4.69) is 65.8 Å². The number of aromatic nitrogens is 2. The quantitative estimate of drug-likeness (QED) is 0.475. The van der Waals surface area contributed by atoms with E-state index in [1.807, 2.05) is 28.8 Å². The first-order valence-corrected chi connectivity index (χ1v) is 10.8. The summed E-state index contributed by atoms with van der Waals surface area (Å²) >= 11 is 0. The van der Waals surface area contributed by atoms with Crippen molar-refractivity contribution in [2.45, 2.75) is 32.2 Å². The maximum atomic E-state index is 13.1. The van der Waals surface area contributed by atoms with Crippen molar-refractivity contribution in [2.24, 2.45) is 0 Å². The fourth-order valence-electron chi connectivity index (χ4n) is 4.50. The predicted octanol–water partition coefficient (Wildman–Crippen LogP) is 5.66. The van der Waals surface area contributed by atoms with E-state index in [-0.39, 0.29) is 11.9 Å². The van der Waals surface area contributed by atoms with E-state index in [4.69, 9.17) is 0 Å². The van der Waals surface area contributed by atoms with Gasteiger partial charge in [0.15, 0.2) is 0 Å². The lowest BCUT2D eigenvalue weighted by molar-refractivity contribution is 0.0926. The number of benzene rings is 3. The fraction of sp³-hybridized carbons (Fsp3) is 0.185. The molecule has 0 saturated carbocycles. The number of carbonyl (C=O) groups is 1. The van der Waals surface area contributed by atoms with Gasteiger partial charge in [-0.2, -0.15) is 0 Å². The summed E-state index contributed by atoms with van der Waals surface area (Å²) < 4.78 is 1.85. The number of nitrogens with one attached hydrogen (secondary N) is 1. The number of imidazole rings is 1. The summed E-state index contributed by atoms with van der Waals surface area (Å²) in [5.41, 5.74) is 7.65. The van der Waals surface area contributed by atoms with Crippen LogP contribution in [0, 0.1) is 6.92 Å². The number of carbonyl (C=O) groups excluding carboxylic acids is 1. The Bertz CT molecular complexity index is 1220. The molecule has 1 amide bonds. The third-order valence-corrected chi connectivity index (χ3v) is 6.15. The van der Waals surface area contributed by atoms with E-state index in [0.29, 0.717) is 5.69 Å². The molecule has 1 aliphatic rings. The van der Waals surface area contributed by atoms with Crippen molar-refractivity contribution < 1.29 is 4.79 Å². The molecule has 31 heavy (non-hydrogen) atoms. The number of fused-ring (bicyclic) bond motifs is 1. The third kappa shape index (κ3) is 3.77. The number of nitrogens with zero attached hydrogens (tertiary/aromatic N) is 2. The molecular formula is C27H25N3O. The largest absolute Gasteiger partial charge is 0.344 e. The number of rotatable bonds is 4. The Morgan fingerprint density at radius 2 is 1.77 bits per heavy atom. The molecule has 154 valence electrons. The van der Waals surface area contributed by atoms with E-state index in [1.165, 1.54) is 22.3 Å². The minimum Gasteiger partial charge on any atom is -0.344 e. The molecule has 0 bridgehead atoms. The number of amides is 1. The van der Waals surface area contributed by atoms with Gasteiger partial charge in [-0.3, -0.25) is 9.36 Å². The maximum Gasteiger partial charge on any atom is 0.270 e. The van der Waals surface area contributed by atoms with Crippen LogP contribution in [0.4, 0.5) is 0 Å². The summed E-state index contributed by atoms with van der Waals surface area (Å²) in [6.07, 6.45) is 6.46. The number of aryl methyl sites for hydroxylation is 2. The smallest absolute Gasteiger partial charge is 0.270 e. The molecule has 0 aliphatic heterocycles. The zero-order valence-electron chi connectivity index (χ0n) is 17.6. The van der Waals surface area contributed by atoms with Crippen LogP contribution >= 0.6 is 0 Å². The first-order valence-electron chi connectivity index (χ1n) is 10.8. The van der Waals surface area contributed by atoms with Crippen LogP contribution in [0.1, 0.15) is 46.1 Å². The van der Waals surface area contributed by atoms with Gasteiger partial charge in [-0.25, -0.2) is 4.98 Å². The summed E-state index contributed by atoms with van der Waals surface area (Å²) in [7, 11) is 0. The van der Waals surface area contributed by atoms with Crippen LogP contribution < -0.4 is 5.32 Å². The highest BCUT2D eigenvalue weighted by Gasteiger charge is 2.23. The van der Waals surface area contributed by atoms with Crippen molar-refractivity contribution in [3.8, 4) is 16.8 Å². The van der Waals surface area contributed by atoms with E-state index >= 15 is 0 Å². The maximum absolute atomic E-state index is 13.1. The normalized spacial score (nSPS) is 15.3. The lowest BCUT2D eigenvalue weighted by Crippen LogP contribution is -2.32. The topological polar surface area (TPSA) is 46.9 Å². The van der Waals surface area contributed by atoms with Gasteiger partial charge in [0.25, 0.3) is 5.91 Å². The molecule has 5 rings (SSSR count). The average Bonchev–Trinajstić information content (AvgIpc) is 3.30. The van der Waals surface area contributed by atoms with Crippen molar-refractivity contribution in [3.05, 3.63) is 108 Å². The van der Waals surface area contributed by atoms with Gasteiger partial charge in [-0.1, -0.05) is 60.7 Å². The van der Waals surface area contributed by atoms with Crippen molar-refractivity contribution in [2.75, 3.05) is 0 Å². The fourth-order valence-corrected chi connectivity index (χ4v) is 4.50. The zero-order valence-corrected chi connectivity index (χ0v) is 17.6. The Balaban J connectivity index is 1.39. The predicted molar refractivity (Wildman–Crippen MR) is 123 cm³/mol. The van der Waals surface area contributed by atoms with Crippen LogP contribution in [0.15, 0.2) is 85.3 Å². The molecule has 1 aliphatic carbocycles. The molecule has 4 nitrogen and oxygen atoms in total. The van der Waals surface area contributed by atoms with Gasteiger partial charge in [0.1, 0.15) is 5.69 Å². The first-order chi connectivity index (χ1) is 15.2. The lowest BCUT2D eigenvalue weighted by Gasteiger charge is -2.26. The van der Waals surface area contributed by atoms with Crippen molar-refractivity contribution in [3.63, 3.8) is 0 Å². The molecule has 0 unspecified atom stereocenters. The lowest BCUT2D eigenvalue weighted by atomic mass is 9.88. The zero-order chi connectivity index (χ0) is 21.2. The monoisotopic (exact) mass is 407 g/mol. The summed E-state index contributed by atoms with van der Waals surface area (Å²) in [4.78, 5) is 17.4. The number of hydrogen-bond donors (Lipinski definition) is 1. The highest BCUT2D eigenvalue weighted by atomic mass is 16.2. The Labute approximate surface area is 182 Å². The highest BCUT2D eigenvalue weighted by Crippen LogP contribution is 2.30. The van der Waals surface area contributed by atoms with Crippen LogP contribution in [0.3, 0.4) is 0 Å². The Kier molecular flexibility index (Phi) is 5.13. The first kappa shape index (κ1) is 19.3. The molecule has 0 saturated heterocycles. The summed E-state index contributed by atoms with van der Waals surface area (Å²) in [6, 6.07) is 25.1. The van der Waals surface area contributed by atoms with Crippen LogP contribution in [0.2, 0.25) is 0 Å². The summed E-state index contributed by atoms with van der Waals surface area (Å²) in [6.45, 7) is 2.12. The summed E-state index contributed by atoms with van der Waals surface area (Å²) in [5, 5.41) is 3.23. The molecule has 1 N–H and O–H groups in total. The molecule has 3 aromatic carbocycles. The SMILES string of the molecule is Cc1ccccc1-c1ccc(-n2cncc2C(=O)N[C@H]2CCCc3ccccc32)cc1. The minimum absolute atomic E-state index is 0.0456. The van der Waals surface area contributed by atoms with E-state index in [9.17, 15) is 4.79 Å². The second-order valence-electron chi connectivity index (χ2n) is 8.13. The van der Waals surface area contributed by atoms with Gasteiger partial charge in [-0.05, 0) is 66.1 Å². The molecule has 1 atom stereocenters. The Morgan fingerprint density at radius 3 is 2.61 bits per heavy atom. The molecule has 0 fully saturated rings. The molecule has 4 aromatic rings. The van der Waals surface area contributed by atoms with Gasteiger partial charge in [0, 0.05) is 5.69 Å². The molecule has 1 heterocycles. The van der Waals surface area contributed by atoms with Crippen LogP contribution in [-0.4, -0.2) is 15.5 Å². The molecular weight excluding hydrogens is 382 g/mol. The van der Waals surface area contributed by atoms with E-state index in [0.717, 1.165) is 30.5 Å². The van der Waals surface area contributed by atoms with Crippen molar-refractivity contribution in [1.82, 2.24) is 14.9 Å². The average molecular weight is 408 g/mol. The van der Waals surface area contributed by atoms with Gasteiger partial charge >= 0.3 is 0 Å². The molecule has 1 aromatic heterocycles. The number of hydrogen-bond acceptors (Lipinski definition) is 2. The minimum atomic E-state index is -0.0952. The van der Waals surface area contributed by atoms with Gasteiger partial charge in [-0.15, -0.1) is 0 Å². The second-order valence-corrected chi connectivity index (χ2v) is 8.13. The van der Waals surface area contributed by atoms with E-state index < -0.39 is 0 Å². The summed E-state index contributed by atoms with van der Waals surface area (Å²) in [5.74, 6) is -0.0952. The van der Waals surface area contributed by atoms with Gasteiger partial charge in [0.05, 0.1) is 18.6 Å². The standard InChI is InChI=1S/C27H25N3O/c1-19-7-2-4-10-23(19)21-13-15-22(16-14-21)30-18-28-17-26(30)27(31)29-25-12-6-9-20-8-3-5-11-24(20)25/h2-5,7-8,10-11,13-18,25H,6,9,12H2,1H3,(H,29,31)/t25-/m0/s1. The Hall–Kier alpha value is -3.66. The van der Waals surface area contributed by atoms with Crippen molar-refractivity contribution in [1.29, 1.82) is 0 Å². The van der Waals surface area contributed by atoms with Crippen molar-refractivity contribution >= 4 is 5.91 Å². The van der Waals surface area contributed by atoms with Gasteiger partial charge in [0.2, 0.25) is 0 Å². The van der Waals surface area contributed by atoms with E-state index in [1.54, 1.807) is 12.5 Å². The van der Waals surface area contributed by atoms with Gasteiger partial charge < -0.3 is 5.32 Å². The molecule has 4 heteroatoms. The second kappa shape index (κ2) is 8.23. The van der Waals surface area contributed by atoms with Crippen LogP contribution in [0.25, 0.3) is 16.8 Å². The molecule has 0 spiro atoms. The Morgan fingerprint density at radius 1 is 1.00 bits per heavy atom.